The fourth-order valence-electron chi connectivity index (χ4n) is 1.88. The zero-order valence-corrected chi connectivity index (χ0v) is 11.6. The average Bonchev–Trinajstić information content (AvgIpc) is 2.85. The molecule has 1 aromatic carbocycles. The van der Waals surface area contributed by atoms with Crippen LogP contribution >= 0.6 is 11.6 Å². The monoisotopic (exact) mass is 274 g/mol. The zero-order valence-electron chi connectivity index (χ0n) is 10.9. The number of nitrogens with one attached hydrogen (secondary N) is 1. The first kappa shape index (κ1) is 13.4. The van der Waals surface area contributed by atoms with Crippen molar-refractivity contribution in [3.05, 3.63) is 47.0 Å². The Morgan fingerprint density at radius 3 is 2.95 bits per heavy atom. The topological polar surface area (TPSA) is 53.6 Å². The Balaban J connectivity index is 2.17. The number of rotatable bonds is 4. The third-order valence-electron chi connectivity index (χ3n) is 2.86. The van der Waals surface area contributed by atoms with E-state index in [0.29, 0.717) is 23.2 Å². The first-order chi connectivity index (χ1) is 9.11. The summed E-state index contributed by atoms with van der Waals surface area (Å²) in [6.07, 6.45) is 3.63. The van der Waals surface area contributed by atoms with Crippen LogP contribution in [0, 0.1) is 11.3 Å². The lowest BCUT2D eigenvalue weighted by Crippen LogP contribution is -2.09. The molecule has 0 atom stereocenters. The predicted molar refractivity (Wildman–Crippen MR) is 76.1 cm³/mol. The van der Waals surface area contributed by atoms with Crippen LogP contribution in [-0.4, -0.2) is 9.55 Å². The van der Waals surface area contributed by atoms with Gasteiger partial charge in [-0.2, -0.15) is 5.26 Å². The van der Waals surface area contributed by atoms with Gasteiger partial charge in [-0.25, -0.2) is 4.98 Å². The highest BCUT2D eigenvalue weighted by molar-refractivity contribution is 6.30. The number of nitrogens with zero attached hydrogens (tertiary/aromatic N) is 3. The van der Waals surface area contributed by atoms with E-state index in [2.05, 4.69) is 34.8 Å². The molecule has 1 aromatic heterocycles. The summed E-state index contributed by atoms with van der Waals surface area (Å²) in [6.45, 7) is 4.81. The Bertz CT molecular complexity index is 610. The van der Waals surface area contributed by atoms with E-state index in [1.54, 1.807) is 18.2 Å². The molecule has 0 aliphatic heterocycles. The van der Waals surface area contributed by atoms with Crippen LogP contribution in [-0.2, 0) is 6.54 Å². The van der Waals surface area contributed by atoms with E-state index < -0.39 is 0 Å². The summed E-state index contributed by atoms with van der Waals surface area (Å²) >= 11 is 5.95. The first-order valence-corrected chi connectivity index (χ1v) is 6.44. The summed E-state index contributed by atoms with van der Waals surface area (Å²) in [5.41, 5.74) is 2.39. The van der Waals surface area contributed by atoms with Crippen molar-refractivity contribution in [1.82, 2.24) is 9.55 Å². The minimum atomic E-state index is 0.356. The van der Waals surface area contributed by atoms with Crippen molar-refractivity contribution in [2.75, 3.05) is 5.32 Å². The van der Waals surface area contributed by atoms with Gasteiger partial charge < -0.3 is 9.88 Å². The highest BCUT2D eigenvalue weighted by Gasteiger charge is 2.07. The van der Waals surface area contributed by atoms with E-state index in [-0.39, 0.29) is 0 Å². The maximum absolute atomic E-state index is 9.06. The van der Waals surface area contributed by atoms with E-state index >= 15 is 0 Å². The number of halogens is 1. The number of anilines is 1. The Morgan fingerprint density at radius 1 is 1.47 bits per heavy atom. The summed E-state index contributed by atoms with van der Waals surface area (Å²) in [4.78, 5) is 4.15. The van der Waals surface area contributed by atoms with Crippen molar-refractivity contribution >= 4 is 17.3 Å². The number of hydrogen-bond donors (Lipinski definition) is 1. The van der Waals surface area contributed by atoms with Gasteiger partial charge >= 0.3 is 0 Å². The molecule has 2 aromatic rings. The lowest BCUT2D eigenvalue weighted by molar-refractivity contribution is 0.577. The summed E-state index contributed by atoms with van der Waals surface area (Å²) < 4.78 is 2.09. The van der Waals surface area contributed by atoms with E-state index in [9.17, 15) is 0 Å². The van der Waals surface area contributed by atoms with Gasteiger partial charge in [0.1, 0.15) is 6.07 Å². The Morgan fingerprint density at radius 2 is 2.26 bits per heavy atom. The minimum Gasteiger partial charge on any atom is -0.378 e. The van der Waals surface area contributed by atoms with Crippen LogP contribution in [0.15, 0.2) is 30.7 Å². The smallest absolute Gasteiger partial charge is 0.101 e. The lowest BCUT2D eigenvalue weighted by Gasteiger charge is -2.13. The molecule has 0 aliphatic carbocycles. The molecule has 4 nitrogen and oxygen atoms in total. The fraction of sp³-hybridized carbons (Fsp3) is 0.286. The number of imidazole rings is 1. The van der Waals surface area contributed by atoms with Gasteiger partial charge in [-0.3, -0.25) is 0 Å². The van der Waals surface area contributed by atoms with Crippen molar-refractivity contribution in [3.63, 3.8) is 0 Å². The molecule has 2 rings (SSSR count). The van der Waals surface area contributed by atoms with Crippen LogP contribution in [0.2, 0.25) is 5.02 Å². The van der Waals surface area contributed by atoms with Crippen molar-refractivity contribution in [3.8, 4) is 6.07 Å². The molecule has 98 valence electrons. The molecular weight excluding hydrogens is 260 g/mol. The fourth-order valence-corrected chi connectivity index (χ4v) is 2.05. The quantitative estimate of drug-likeness (QED) is 0.927. The molecule has 0 radical (unpaired) electrons. The highest BCUT2D eigenvalue weighted by Crippen LogP contribution is 2.21. The second-order valence-electron chi connectivity index (χ2n) is 4.54. The van der Waals surface area contributed by atoms with Crippen molar-refractivity contribution in [2.45, 2.75) is 26.4 Å². The normalized spacial score (nSPS) is 10.5. The molecule has 0 spiro atoms. The second-order valence-corrected chi connectivity index (χ2v) is 4.98. The molecule has 0 saturated heterocycles. The molecule has 0 unspecified atom stereocenters. The molecule has 5 heteroatoms. The van der Waals surface area contributed by atoms with Gasteiger partial charge in [0.2, 0.25) is 0 Å². The summed E-state index contributed by atoms with van der Waals surface area (Å²) in [6, 6.07) is 7.69. The molecule has 0 bridgehead atoms. The Hall–Kier alpha value is -1.99. The summed E-state index contributed by atoms with van der Waals surface area (Å²) in [5, 5.41) is 12.9. The summed E-state index contributed by atoms with van der Waals surface area (Å²) in [5.74, 6) is 0. The van der Waals surface area contributed by atoms with Gasteiger partial charge in [-0.05, 0) is 32.0 Å². The zero-order chi connectivity index (χ0) is 13.8. The maximum atomic E-state index is 9.06. The molecule has 1 N–H and O–H groups in total. The van der Waals surface area contributed by atoms with Crippen LogP contribution in [0.25, 0.3) is 0 Å². The molecule has 0 fully saturated rings. The van der Waals surface area contributed by atoms with E-state index in [1.165, 1.54) is 0 Å². The third-order valence-corrected chi connectivity index (χ3v) is 3.10. The summed E-state index contributed by atoms with van der Waals surface area (Å²) in [7, 11) is 0. The van der Waals surface area contributed by atoms with Crippen LogP contribution in [0.5, 0.6) is 0 Å². The molecule has 19 heavy (non-hydrogen) atoms. The molecule has 0 amide bonds. The van der Waals surface area contributed by atoms with Gasteiger partial charge in [0.05, 0.1) is 29.8 Å². The first-order valence-electron chi connectivity index (χ1n) is 6.06. The average molecular weight is 275 g/mol. The largest absolute Gasteiger partial charge is 0.378 e. The van der Waals surface area contributed by atoms with Crippen molar-refractivity contribution in [2.24, 2.45) is 0 Å². The molecule has 1 heterocycles. The van der Waals surface area contributed by atoms with Gasteiger partial charge in [-0.15, -0.1) is 0 Å². The van der Waals surface area contributed by atoms with E-state index in [1.807, 2.05) is 12.5 Å². The Labute approximate surface area is 117 Å². The van der Waals surface area contributed by atoms with Gasteiger partial charge in [-0.1, -0.05) is 11.6 Å². The van der Waals surface area contributed by atoms with E-state index in [4.69, 9.17) is 16.9 Å². The molecule has 0 saturated carbocycles. The lowest BCUT2D eigenvalue weighted by atomic mass is 10.2. The van der Waals surface area contributed by atoms with Crippen LogP contribution in [0.1, 0.15) is 31.1 Å². The van der Waals surface area contributed by atoms with Gasteiger partial charge in [0, 0.05) is 17.3 Å². The number of nitriles is 1. The van der Waals surface area contributed by atoms with Crippen LogP contribution in [0.3, 0.4) is 0 Å². The number of benzene rings is 1. The standard InChI is InChI=1S/C14H15ClN4/c1-10(2)19-9-17-7-13(19)8-18-14-5-12(15)4-3-11(14)6-16/h3-5,7,9-10,18H,8H2,1-2H3. The van der Waals surface area contributed by atoms with Crippen LogP contribution in [0.4, 0.5) is 5.69 Å². The van der Waals surface area contributed by atoms with Gasteiger partial charge in [0.25, 0.3) is 0 Å². The maximum Gasteiger partial charge on any atom is 0.101 e. The van der Waals surface area contributed by atoms with Crippen molar-refractivity contribution < 1.29 is 0 Å². The predicted octanol–water partition coefficient (Wildman–Crippen LogP) is 3.60. The SMILES string of the molecule is CC(C)n1cncc1CNc1cc(Cl)ccc1C#N. The number of aromatic nitrogens is 2. The second kappa shape index (κ2) is 5.77. The van der Waals surface area contributed by atoms with Crippen molar-refractivity contribution in [1.29, 1.82) is 5.26 Å². The number of hydrogen-bond acceptors (Lipinski definition) is 3. The van der Waals surface area contributed by atoms with Crippen LogP contribution < -0.4 is 5.32 Å². The minimum absolute atomic E-state index is 0.356. The van der Waals surface area contributed by atoms with Gasteiger partial charge in [0.15, 0.2) is 0 Å². The van der Waals surface area contributed by atoms with E-state index in [0.717, 1.165) is 11.4 Å². The highest BCUT2D eigenvalue weighted by atomic mass is 35.5. The Kier molecular flexibility index (Phi) is 4.08. The third kappa shape index (κ3) is 3.07. The molecular formula is C14H15ClN4. The molecule has 0 aliphatic rings.